The molecule has 0 spiro atoms. The second kappa shape index (κ2) is 12.9. The van der Waals surface area contributed by atoms with Crippen molar-refractivity contribution in [1.82, 2.24) is 9.03 Å². The van der Waals surface area contributed by atoms with E-state index >= 15 is 0 Å². The summed E-state index contributed by atoms with van der Waals surface area (Å²) in [5, 5.41) is 0. The van der Waals surface area contributed by atoms with Crippen LogP contribution < -0.4 is 14.2 Å². The van der Waals surface area contributed by atoms with Crippen molar-refractivity contribution >= 4 is 25.8 Å². The predicted octanol–water partition coefficient (Wildman–Crippen LogP) is 5.49. The lowest BCUT2D eigenvalue weighted by Crippen LogP contribution is -2.47. The van der Waals surface area contributed by atoms with Gasteiger partial charge in [-0.1, -0.05) is 59.7 Å². The van der Waals surface area contributed by atoms with Gasteiger partial charge in [0, 0.05) is 6.20 Å². The number of ether oxygens (including phenoxy) is 2. The summed E-state index contributed by atoms with van der Waals surface area (Å²) < 4.78 is 70.7. The van der Waals surface area contributed by atoms with Crippen molar-refractivity contribution in [3.8, 4) is 11.5 Å². The summed E-state index contributed by atoms with van der Waals surface area (Å²) in [5.41, 5.74) is 2.69. The number of sulfonamides is 2. The lowest BCUT2D eigenvalue weighted by molar-refractivity contribution is -0.121. The Morgan fingerprint density at radius 2 is 1.18 bits per heavy atom. The second-order valence-electron chi connectivity index (χ2n) is 10.8. The van der Waals surface area contributed by atoms with Gasteiger partial charge in [-0.15, -0.1) is 0 Å². The van der Waals surface area contributed by atoms with Crippen LogP contribution in [-0.4, -0.2) is 41.1 Å². The van der Waals surface area contributed by atoms with Gasteiger partial charge in [0.1, 0.15) is 11.5 Å². The smallest absolute Gasteiger partial charge is 0.264 e. The molecule has 234 valence electrons. The summed E-state index contributed by atoms with van der Waals surface area (Å²) in [4.78, 5) is 14.0. The number of hydrogen-bond acceptors (Lipinski definition) is 7. The Bertz CT molecular complexity index is 1900. The molecule has 9 nitrogen and oxygen atoms in total. The quantitative estimate of drug-likeness (QED) is 0.242. The number of rotatable bonds is 10. The van der Waals surface area contributed by atoms with Crippen LogP contribution in [0.2, 0.25) is 0 Å². The van der Waals surface area contributed by atoms with Gasteiger partial charge >= 0.3 is 0 Å². The minimum atomic E-state index is -4.21. The number of benzene rings is 4. The largest absolute Gasteiger partial charge is 0.497 e. The number of carbonyl (C=O) groups excluding carboxylic acids is 1. The van der Waals surface area contributed by atoms with Crippen LogP contribution in [0.3, 0.4) is 0 Å². The first kappa shape index (κ1) is 32.0. The number of nitrogens with one attached hydrogen (secondary N) is 1. The molecule has 45 heavy (non-hydrogen) atoms. The van der Waals surface area contributed by atoms with Crippen LogP contribution in [0, 0.1) is 19.8 Å². The molecular formula is C34H34N2O7S2. The average Bonchev–Trinajstić information content (AvgIpc) is 3.04. The molecule has 4 aromatic rings. The van der Waals surface area contributed by atoms with Gasteiger partial charge < -0.3 is 9.47 Å². The number of nitrogens with zero attached hydrogens (tertiary/aromatic N) is 1. The Morgan fingerprint density at radius 3 is 1.69 bits per heavy atom. The molecule has 1 aliphatic rings. The Labute approximate surface area is 264 Å². The molecule has 0 amide bonds. The SMILES string of the molecule is COc1ccc(C(NS(=O)(=O)c2ccc(C)cc2)[C@@H]2C(=O)C=CN(S(=O)(=O)c3ccc(C)cc3)[C@H]2c2ccc(OC)cc2)cc1. The Kier molecular flexibility index (Phi) is 9.15. The van der Waals surface area contributed by atoms with Gasteiger partial charge in [-0.25, -0.2) is 21.6 Å². The number of methoxy groups -OCH3 is 2. The lowest BCUT2D eigenvalue weighted by atomic mass is 9.79. The molecule has 0 radical (unpaired) electrons. The molecule has 4 aromatic carbocycles. The van der Waals surface area contributed by atoms with E-state index in [9.17, 15) is 21.6 Å². The molecule has 0 aromatic heterocycles. The molecule has 1 heterocycles. The van der Waals surface area contributed by atoms with Crippen LogP contribution in [0.25, 0.3) is 0 Å². The van der Waals surface area contributed by atoms with Crippen LogP contribution in [0.4, 0.5) is 0 Å². The first-order valence-electron chi connectivity index (χ1n) is 14.1. The van der Waals surface area contributed by atoms with Crippen molar-refractivity contribution in [2.24, 2.45) is 5.92 Å². The van der Waals surface area contributed by atoms with E-state index < -0.39 is 43.8 Å². The van der Waals surface area contributed by atoms with Crippen molar-refractivity contribution in [3.63, 3.8) is 0 Å². The normalized spacial score (nSPS) is 17.6. The van der Waals surface area contributed by atoms with Crippen LogP contribution in [0.1, 0.15) is 34.3 Å². The summed E-state index contributed by atoms with van der Waals surface area (Å²) in [6, 6.07) is 23.8. The monoisotopic (exact) mass is 646 g/mol. The number of carbonyl (C=O) groups is 1. The third-order valence-electron chi connectivity index (χ3n) is 7.83. The third-order valence-corrected chi connectivity index (χ3v) is 11.1. The van der Waals surface area contributed by atoms with E-state index in [0.29, 0.717) is 22.6 Å². The number of ketones is 1. The van der Waals surface area contributed by atoms with Gasteiger partial charge in [0.05, 0.1) is 42.0 Å². The van der Waals surface area contributed by atoms with Crippen LogP contribution >= 0.6 is 0 Å². The van der Waals surface area contributed by atoms with Crippen molar-refractivity contribution in [3.05, 3.63) is 132 Å². The summed E-state index contributed by atoms with van der Waals surface area (Å²) in [7, 11) is -5.37. The van der Waals surface area contributed by atoms with Gasteiger partial charge in [0.15, 0.2) is 5.78 Å². The topological polar surface area (TPSA) is 119 Å². The molecular weight excluding hydrogens is 613 g/mol. The third kappa shape index (κ3) is 6.65. The van der Waals surface area contributed by atoms with E-state index in [1.165, 1.54) is 50.8 Å². The van der Waals surface area contributed by atoms with Crippen LogP contribution in [0.5, 0.6) is 11.5 Å². The number of aryl methyl sites for hydroxylation is 2. The first-order chi connectivity index (χ1) is 21.4. The maximum atomic E-state index is 14.2. The molecule has 0 saturated heterocycles. The van der Waals surface area contributed by atoms with Crippen LogP contribution in [0.15, 0.2) is 119 Å². The highest BCUT2D eigenvalue weighted by atomic mass is 32.2. The maximum Gasteiger partial charge on any atom is 0.264 e. The summed E-state index contributed by atoms with van der Waals surface area (Å²) in [6.45, 7) is 3.70. The van der Waals surface area contributed by atoms with E-state index in [1.54, 1.807) is 72.8 Å². The summed E-state index contributed by atoms with van der Waals surface area (Å²) >= 11 is 0. The predicted molar refractivity (Wildman–Crippen MR) is 171 cm³/mol. The Morgan fingerprint density at radius 1 is 0.689 bits per heavy atom. The fourth-order valence-corrected chi connectivity index (χ4v) is 8.08. The summed E-state index contributed by atoms with van der Waals surface area (Å²) in [5.74, 6) is -0.590. The highest BCUT2D eigenvalue weighted by molar-refractivity contribution is 7.89. The zero-order chi connectivity index (χ0) is 32.4. The van der Waals surface area contributed by atoms with Crippen molar-refractivity contribution in [2.45, 2.75) is 35.7 Å². The molecule has 1 N–H and O–H groups in total. The average molecular weight is 647 g/mol. The zero-order valence-electron chi connectivity index (χ0n) is 25.2. The molecule has 0 fully saturated rings. The standard InChI is InChI=1S/C34H34N2O7S2/c1-23-5-17-29(18-6-23)44(38,39)35-33(25-9-13-27(42-3)14-10-25)32-31(37)21-22-36(34(32)26-11-15-28(43-4)16-12-26)45(40,41)30-19-7-24(2)8-20-30/h5-22,32-35H,1-4H3/t32-,33?,34-/m0/s1. The number of hydrogen-bond donors (Lipinski definition) is 1. The second-order valence-corrected chi connectivity index (χ2v) is 14.4. The highest BCUT2D eigenvalue weighted by Gasteiger charge is 2.46. The minimum absolute atomic E-state index is 0.00976. The van der Waals surface area contributed by atoms with E-state index in [1.807, 2.05) is 13.8 Å². The molecule has 1 unspecified atom stereocenters. The first-order valence-corrected chi connectivity index (χ1v) is 17.1. The van der Waals surface area contributed by atoms with Crippen molar-refractivity contribution < 1.29 is 31.1 Å². The Hall–Kier alpha value is -4.45. The van der Waals surface area contributed by atoms with Gasteiger partial charge in [0.2, 0.25) is 10.0 Å². The molecule has 1 aliphatic heterocycles. The fourth-order valence-electron chi connectivity index (χ4n) is 5.34. The van der Waals surface area contributed by atoms with Gasteiger partial charge in [0.25, 0.3) is 10.0 Å². The lowest BCUT2D eigenvalue weighted by Gasteiger charge is -2.41. The number of allylic oxidation sites excluding steroid dienone is 1. The van der Waals surface area contributed by atoms with Crippen molar-refractivity contribution in [1.29, 1.82) is 0 Å². The molecule has 5 rings (SSSR count). The summed E-state index contributed by atoms with van der Waals surface area (Å²) in [6.07, 6.45) is 2.44. The van der Waals surface area contributed by atoms with Gasteiger partial charge in [-0.05, 0) is 79.6 Å². The van der Waals surface area contributed by atoms with Crippen LogP contribution in [-0.2, 0) is 24.8 Å². The molecule has 11 heteroatoms. The van der Waals surface area contributed by atoms with Crippen molar-refractivity contribution in [2.75, 3.05) is 14.2 Å². The van der Waals surface area contributed by atoms with Gasteiger partial charge in [-0.2, -0.15) is 0 Å². The molecule has 0 bridgehead atoms. The Balaban J connectivity index is 1.71. The van der Waals surface area contributed by atoms with E-state index in [4.69, 9.17) is 9.47 Å². The molecule has 0 saturated carbocycles. The molecule has 0 aliphatic carbocycles. The van der Waals surface area contributed by atoms with E-state index in [2.05, 4.69) is 4.72 Å². The van der Waals surface area contributed by atoms with E-state index in [-0.39, 0.29) is 9.79 Å². The molecule has 3 atom stereocenters. The van der Waals surface area contributed by atoms with Gasteiger partial charge in [-0.3, -0.25) is 9.10 Å². The van der Waals surface area contributed by atoms with E-state index in [0.717, 1.165) is 15.4 Å². The fraction of sp³-hybridized carbons (Fsp3) is 0.206. The minimum Gasteiger partial charge on any atom is -0.497 e. The zero-order valence-corrected chi connectivity index (χ0v) is 26.9. The highest BCUT2D eigenvalue weighted by Crippen LogP contribution is 2.44. The maximum absolute atomic E-state index is 14.2.